The first-order valence-corrected chi connectivity index (χ1v) is 12.3. The summed E-state index contributed by atoms with van der Waals surface area (Å²) in [4.78, 5) is 57.8. The van der Waals surface area contributed by atoms with Crippen LogP contribution in [-0.4, -0.2) is 92.1 Å². The maximum Gasteiger partial charge on any atom is 0.326 e. The monoisotopic (exact) mass is 486 g/mol. The molecule has 1 saturated heterocycles. The second kappa shape index (κ2) is 12.7. The van der Waals surface area contributed by atoms with E-state index in [0.29, 0.717) is 37.3 Å². The summed E-state index contributed by atoms with van der Waals surface area (Å²) in [5.41, 5.74) is 6.43. The van der Waals surface area contributed by atoms with E-state index in [-0.39, 0.29) is 12.2 Å². The fourth-order valence-corrected chi connectivity index (χ4v) is 4.16. The molecule has 0 aromatic carbocycles. The molecule has 13 heteroatoms. The van der Waals surface area contributed by atoms with Gasteiger partial charge in [0, 0.05) is 30.6 Å². The van der Waals surface area contributed by atoms with Crippen LogP contribution in [0.2, 0.25) is 0 Å². The Balaban J connectivity index is 2.01. The lowest BCUT2D eigenvalue weighted by Gasteiger charge is -2.29. The first kappa shape index (κ1) is 26.0. The third-order valence-corrected chi connectivity index (χ3v) is 6.21. The summed E-state index contributed by atoms with van der Waals surface area (Å²) in [6.45, 7) is 0.327. The van der Waals surface area contributed by atoms with E-state index in [1.165, 1.54) is 17.4 Å². The summed E-state index contributed by atoms with van der Waals surface area (Å²) in [6, 6.07) is -3.67. The predicted molar refractivity (Wildman–Crippen MR) is 123 cm³/mol. The van der Waals surface area contributed by atoms with E-state index in [9.17, 15) is 24.3 Å². The first-order chi connectivity index (χ1) is 15.3. The average molecular weight is 487 g/mol. The molecule has 3 amide bonds. The molecule has 0 aliphatic carbocycles. The van der Waals surface area contributed by atoms with Crippen molar-refractivity contribution >= 4 is 48.1 Å². The van der Waals surface area contributed by atoms with Gasteiger partial charge in [-0.3, -0.25) is 14.4 Å². The van der Waals surface area contributed by atoms with Gasteiger partial charge >= 0.3 is 5.97 Å². The summed E-state index contributed by atoms with van der Waals surface area (Å²) in [7, 11) is 0. The lowest BCUT2D eigenvalue weighted by Crippen LogP contribution is -2.57. The second-order valence-electron chi connectivity index (χ2n) is 7.50. The van der Waals surface area contributed by atoms with Crippen LogP contribution in [0.15, 0.2) is 12.5 Å². The molecule has 32 heavy (non-hydrogen) atoms. The van der Waals surface area contributed by atoms with Crippen molar-refractivity contribution in [3.8, 4) is 0 Å². The average Bonchev–Trinajstić information content (AvgIpc) is 3.46. The number of amides is 3. The number of carbonyl (C=O) groups is 4. The summed E-state index contributed by atoms with van der Waals surface area (Å²) in [5.74, 6) is -1.87. The number of likely N-dealkylation sites (tertiary alicyclic amines) is 1. The highest BCUT2D eigenvalue weighted by atomic mass is 32.2. The van der Waals surface area contributed by atoms with Gasteiger partial charge in [-0.15, -0.1) is 0 Å². The Labute approximate surface area is 196 Å². The summed E-state index contributed by atoms with van der Waals surface area (Å²) in [6.07, 6.45) is 6.31. The molecule has 0 radical (unpaired) electrons. The molecule has 4 unspecified atom stereocenters. The normalized spacial score (nSPS) is 18.6. The molecule has 0 saturated carbocycles. The number of nitrogens with two attached hydrogens (primary N) is 1. The number of hydrogen-bond donors (Lipinski definition) is 6. The van der Waals surface area contributed by atoms with Crippen LogP contribution >= 0.6 is 24.4 Å². The number of carboxylic acid groups (broad SMARTS) is 1. The largest absolute Gasteiger partial charge is 0.480 e. The van der Waals surface area contributed by atoms with Gasteiger partial charge in [0.1, 0.15) is 18.1 Å². The van der Waals surface area contributed by atoms with Gasteiger partial charge in [-0.1, -0.05) is 0 Å². The molecule has 1 aliphatic heterocycles. The summed E-state index contributed by atoms with van der Waals surface area (Å²) in [5, 5.41) is 14.6. The zero-order valence-electron chi connectivity index (χ0n) is 17.8. The molecule has 0 spiro atoms. The lowest BCUT2D eigenvalue weighted by atomic mass is 10.1. The van der Waals surface area contributed by atoms with Crippen LogP contribution in [0, 0.1) is 0 Å². The molecular formula is C19H30N6O5S2. The molecule has 2 heterocycles. The highest BCUT2D eigenvalue weighted by Crippen LogP contribution is 2.19. The van der Waals surface area contributed by atoms with Crippen molar-refractivity contribution in [3.05, 3.63) is 18.2 Å². The minimum atomic E-state index is -1.19. The van der Waals surface area contributed by atoms with E-state index in [2.05, 4.69) is 33.2 Å². The Morgan fingerprint density at radius 1 is 1.38 bits per heavy atom. The van der Waals surface area contributed by atoms with Gasteiger partial charge in [-0.05, 0) is 31.3 Å². The van der Waals surface area contributed by atoms with Crippen molar-refractivity contribution in [3.63, 3.8) is 0 Å². The number of carbonyl (C=O) groups excluding carboxylic acids is 3. The number of aromatic nitrogens is 2. The van der Waals surface area contributed by atoms with Gasteiger partial charge in [-0.25, -0.2) is 9.78 Å². The van der Waals surface area contributed by atoms with Crippen LogP contribution < -0.4 is 16.4 Å². The van der Waals surface area contributed by atoms with Gasteiger partial charge in [0.2, 0.25) is 17.7 Å². The van der Waals surface area contributed by atoms with Gasteiger partial charge in [0.25, 0.3) is 0 Å². The molecule has 1 aliphatic rings. The number of carboxylic acids is 1. The molecule has 1 fully saturated rings. The van der Waals surface area contributed by atoms with E-state index >= 15 is 0 Å². The Morgan fingerprint density at radius 2 is 2.12 bits per heavy atom. The molecule has 6 N–H and O–H groups in total. The zero-order valence-corrected chi connectivity index (χ0v) is 19.5. The van der Waals surface area contributed by atoms with Gasteiger partial charge in [-0.2, -0.15) is 24.4 Å². The third-order valence-electron chi connectivity index (χ3n) is 5.20. The van der Waals surface area contributed by atoms with Gasteiger partial charge in [0.15, 0.2) is 0 Å². The number of hydrogen-bond acceptors (Lipinski definition) is 8. The number of nitrogens with zero attached hydrogens (tertiary/aromatic N) is 2. The second-order valence-corrected chi connectivity index (χ2v) is 8.85. The SMILES string of the molecule is CSCCC(N)C(=O)NC(CS)C(=O)N1CCCC1C(=O)NC(Cc1cnc[nH]1)C(=O)O. The van der Waals surface area contributed by atoms with Gasteiger partial charge < -0.3 is 31.4 Å². The smallest absolute Gasteiger partial charge is 0.326 e. The topological polar surface area (TPSA) is 171 Å². The van der Waals surface area contributed by atoms with Crippen LogP contribution in [0.3, 0.4) is 0 Å². The van der Waals surface area contributed by atoms with Crippen molar-refractivity contribution in [1.29, 1.82) is 0 Å². The number of aromatic amines is 1. The van der Waals surface area contributed by atoms with Crippen LogP contribution in [-0.2, 0) is 25.6 Å². The fraction of sp³-hybridized carbons (Fsp3) is 0.632. The Bertz CT molecular complexity index is 793. The number of H-pyrrole nitrogens is 1. The van der Waals surface area contributed by atoms with E-state index < -0.39 is 47.9 Å². The number of thioether (sulfide) groups is 1. The van der Waals surface area contributed by atoms with E-state index in [0.717, 1.165) is 0 Å². The number of thiol groups is 1. The molecule has 0 bridgehead atoms. The van der Waals surface area contributed by atoms with Crippen LogP contribution in [0.4, 0.5) is 0 Å². The van der Waals surface area contributed by atoms with E-state index in [1.54, 1.807) is 11.8 Å². The fourth-order valence-electron chi connectivity index (χ4n) is 3.43. The minimum absolute atomic E-state index is 0.0327. The molecule has 4 atom stereocenters. The molecule has 1 aromatic heterocycles. The molecule has 2 rings (SSSR count). The van der Waals surface area contributed by atoms with Crippen LogP contribution in [0.25, 0.3) is 0 Å². The van der Waals surface area contributed by atoms with Crippen molar-refractivity contribution in [1.82, 2.24) is 25.5 Å². The summed E-state index contributed by atoms with van der Waals surface area (Å²) >= 11 is 5.75. The van der Waals surface area contributed by atoms with E-state index in [4.69, 9.17) is 5.73 Å². The Morgan fingerprint density at radius 3 is 2.72 bits per heavy atom. The highest BCUT2D eigenvalue weighted by molar-refractivity contribution is 7.98. The van der Waals surface area contributed by atoms with Crippen molar-refractivity contribution in [2.24, 2.45) is 5.73 Å². The number of rotatable bonds is 12. The van der Waals surface area contributed by atoms with Gasteiger partial charge in [0.05, 0.1) is 12.4 Å². The molecular weight excluding hydrogens is 456 g/mol. The maximum atomic E-state index is 13.0. The van der Waals surface area contributed by atoms with Crippen molar-refractivity contribution in [2.45, 2.75) is 49.9 Å². The Hall–Kier alpha value is -2.25. The number of nitrogens with one attached hydrogen (secondary N) is 3. The highest BCUT2D eigenvalue weighted by Gasteiger charge is 2.38. The Kier molecular flexibility index (Phi) is 10.3. The third kappa shape index (κ3) is 7.14. The predicted octanol–water partition coefficient (Wildman–Crippen LogP) is -0.992. The number of aliphatic carboxylic acids is 1. The quantitative estimate of drug-likeness (QED) is 0.204. The summed E-state index contributed by atoms with van der Waals surface area (Å²) < 4.78 is 0. The zero-order chi connectivity index (χ0) is 23.7. The van der Waals surface area contributed by atoms with E-state index in [1.807, 2.05) is 6.26 Å². The molecule has 1 aromatic rings. The molecule has 178 valence electrons. The standard InChI is InChI=1S/C19H30N6O5S2/c1-32-6-4-12(20)16(26)24-14(9-31)18(28)25-5-2-3-15(25)17(27)23-13(19(29)30)7-11-8-21-10-22-11/h8,10,12-15,31H,2-7,9,20H2,1H3,(H,21,22)(H,23,27)(H,24,26)(H,29,30). The van der Waals surface area contributed by atoms with Crippen LogP contribution in [0.5, 0.6) is 0 Å². The lowest BCUT2D eigenvalue weighted by molar-refractivity contribution is -0.144. The maximum absolute atomic E-state index is 13.0. The minimum Gasteiger partial charge on any atom is -0.480 e. The van der Waals surface area contributed by atoms with Crippen LogP contribution in [0.1, 0.15) is 25.0 Å². The van der Waals surface area contributed by atoms with Crippen molar-refractivity contribution < 1.29 is 24.3 Å². The number of imidazole rings is 1. The molecule has 11 nitrogen and oxygen atoms in total. The van der Waals surface area contributed by atoms with Crippen molar-refractivity contribution in [2.75, 3.05) is 24.3 Å². The first-order valence-electron chi connectivity index (χ1n) is 10.2.